The summed E-state index contributed by atoms with van der Waals surface area (Å²) in [5, 5.41) is 0.638. The summed E-state index contributed by atoms with van der Waals surface area (Å²) in [6.45, 7) is 2.25. The monoisotopic (exact) mass is 394 g/mol. The van der Waals surface area contributed by atoms with Gasteiger partial charge in [0, 0.05) is 11.4 Å². The van der Waals surface area contributed by atoms with Crippen molar-refractivity contribution in [3.8, 4) is 0 Å². The maximum Gasteiger partial charge on any atom is 0.242 e. The molecule has 0 radical (unpaired) electrons. The van der Waals surface area contributed by atoms with Crippen molar-refractivity contribution in [2.45, 2.75) is 90.4 Å². The van der Waals surface area contributed by atoms with Crippen molar-refractivity contribution in [1.29, 1.82) is 0 Å². The number of carbonyl (C=O) groups is 2. The second-order valence-corrected chi connectivity index (χ2v) is 7.62. The Labute approximate surface area is 169 Å². The lowest BCUT2D eigenvalue weighted by molar-refractivity contribution is -0.128. The quantitative estimate of drug-likeness (QED) is 0.312. The number of benzene rings is 1. The van der Waals surface area contributed by atoms with Gasteiger partial charge < -0.3 is 0 Å². The van der Waals surface area contributed by atoms with Crippen LogP contribution >= 0.6 is 11.6 Å². The highest BCUT2D eigenvalue weighted by Gasteiger charge is 2.06. The zero-order valence-corrected chi connectivity index (χ0v) is 17.5. The smallest absolute Gasteiger partial charge is 0.242 e. The Bertz CT molecular complexity index is 532. The highest BCUT2D eigenvalue weighted by molar-refractivity contribution is 6.30. The second kappa shape index (κ2) is 15.5. The van der Waals surface area contributed by atoms with Gasteiger partial charge in [-0.15, -0.1) is 0 Å². The number of amides is 2. The Kier molecular flexibility index (Phi) is 13.5. The Balaban J connectivity index is 1.93. The number of hydrogen-bond acceptors (Lipinski definition) is 2. The number of unbranched alkanes of at least 4 members (excludes halogenated alkanes) is 10. The fourth-order valence-electron chi connectivity index (χ4n) is 2.98. The number of halogens is 1. The largest absolute Gasteiger partial charge is 0.273 e. The SMILES string of the molecule is CCCCCCCCCCCCCC(=O)NNC(=O)Cc1ccc(Cl)cc1. The van der Waals surface area contributed by atoms with Crippen molar-refractivity contribution >= 4 is 23.4 Å². The van der Waals surface area contributed by atoms with Gasteiger partial charge in [0.05, 0.1) is 6.42 Å². The van der Waals surface area contributed by atoms with Gasteiger partial charge in [-0.2, -0.15) is 0 Å². The highest BCUT2D eigenvalue weighted by atomic mass is 35.5. The second-order valence-electron chi connectivity index (χ2n) is 7.19. The average Bonchev–Trinajstić information content (AvgIpc) is 2.66. The van der Waals surface area contributed by atoms with Crippen molar-refractivity contribution in [1.82, 2.24) is 10.9 Å². The van der Waals surface area contributed by atoms with Crippen LogP contribution in [0.2, 0.25) is 5.02 Å². The van der Waals surface area contributed by atoms with Gasteiger partial charge in [0.25, 0.3) is 0 Å². The van der Waals surface area contributed by atoms with Crippen LogP contribution < -0.4 is 10.9 Å². The third-order valence-electron chi connectivity index (χ3n) is 4.63. The Morgan fingerprint density at radius 2 is 1.22 bits per heavy atom. The molecule has 0 aliphatic rings. The molecule has 0 aliphatic carbocycles. The minimum Gasteiger partial charge on any atom is -0.273 e. The van der Waals surface area contributed by atoms with Gasteiger partial charge in [0.2, 0.25) is 11.8 Å². The van der Waals surface area contributed by atoms with Crippen LogP contribution in [0.25, 0.3) is 0 Å². The van der Waals surface area contributed by atoms with E-state index >= 15 is 0 Å². The lowest BCUT2D eigenvalue weighted by Gasteiger charge is -2.07. The molecule has 4 nitrogen and oxygen atoms in total. The number of rotatable bonds is 14. The van der Waals surface area contributed by atoms with E-state index in [1.165, 1.54) is 57.8 Å². The van der Waals surface area contributed by atoms with Crippen molar-refractivity contribution < 1.29 is 9.59 Å². The standard InChI is InChI=1S/C22H35ClN2O2/c1-2-3-4-5-6-7-8-9-10-11-12-13-21(26)24-25-22(27)18-19-14-16-20(23)17-15-19/h14-17H,2-13,18H2,1H3,(H,24,26)(H,25,27). The summed E-state index contributed by atoms with van der Waals surface area (Å²) >= 11 is 5.81. The molecule has 0 fully saturated rings. The number of carbonyl (C=O) groups excluding carboxylic acids is 2. The van der Waals surface area contributed by atoms with E-state index in [2.05, 4.69) is 17.8 Å². The van der Waals surface area contributed by atoms with Crippen LogP contribution in [-0.4, -0.2) is 11.8 Å². The minimum atomic E-state index is -0.232. The predicted octanol–water partition coefficient (Wildman–Crippen LogP) is 5.73. The molecule has 2 N–H and O–H groups in total. The fraction of sp³-hybridized carbons (Fsp3) is 0.636. The molecule has 0 heterocycles. The summed E-state index contributed by atoms with van der Waals surface area (Å²) in [7, 11) is 0. The molecule has 2 amide bonds. The maximum atomic E-state index is 11.8. The zero-order valence-electron chi connectivity index (χ0n) is 16.7. The molecule has 0 spiro atoms. The van der Waals surface area contributed by atoms with E-state index in [4.69, 9.17) is 11.6 Å². The first-order valence-electron chi connectivity index (χ1n) is 10.4. The third-order valence-corrected chi connectivity index (χ3v) is 4.88. The minimum absolute atomic E-state index is 0.129. The number of nitrogens with one attached hydrogen (secondary N) is 2. The lowest BCUT2D eigenvalue weighted by atomic mass is 10.1. The summed E-state index contributed by atoms with van der Waals surface area (Å²) in [6, 6.07) is 7.09. The van der Waals surface area contributed by atoms with Crippen molar-refractivity contribution in [3.63, 3.8) is 0 Å². The molecule has 1 aromatic rings. The van der Waals surface area contributed by atoms with Crippen LogP contribution in [0.4, 0.5) is 0 Å². The van der Waals surface area contributed by atoms with E-state index < -0.39 is 0 Å². The molecule has 0 aromatic heterocycles. The number of hydrogen-bond donors (Lipinski definition) is 2. The molecule has 0 atom stereocenters. The van der Waals surface area contributed by atoms with E-state index in [1.54, 1.807) is 24.3 Å². The van der Waals surface area contributed by atoms with Gasteiger partial charge in [-0.25, -0.2) is 0 Å². The summed E-state index contributed by atoms with van der Waals surface area (Å²) in [6.07, 6.45) is 14.5. The van der Waals surface area contributed by atoms with Gasteiger partial charge in [0.15, 0.2) is 0 Å². The summed E-state index contributed by atoms with van der Waals surface area (Å²) < 4.78 is 0. The molecular weight excluding hydrogens is 360 g/mol. The first-order chi connectivity index (χ1) is 13.1. The average molecular weight is 395 g/mol. The molecule has 1 aromatic carbocycles. The Morgan fingerprint density at radius 1 is 0.741 bits per heavy atom. The molecule has 0 bridgehead atoms. The normalized spacial score (nSPS) is 10.6. The van der Waals surface area contributed by atoms with Crippen LogP contribution in [0, 0.1) is 0 Å². The van der Waals surface area contributed by atoms with Crippen LogP contribution in [0.5, 0.6) is 0 Å². The Morgan fingerprint density at radius 3 is 1.78 bits per heavy atom. The summed E-state index contributed by atoms with van der Waals surface area (Å²) in [5.74, 6) is -0.361. The van der Waals surface area contributed by atoms with Crippen molar-refractivity contribution in [2.75, 3.05) is 0 Å². The zero-order chi connectivity index (χ0) is 19.7. The van der Waals surface area contributed by atoms with Crippen LogP contribution in [0.3, 0.4) is 0 Å². The van der Waals surface area contributed by atoms with Gasteiger partial charge in [0.1, 0.15) is 0 Å². The first kappa shape index (κ1) is 23.5. The van der Waals surface area contributed by atoms with E-state index in [-0.39, 0.29) is 18.2 Å². The summed E-state index contributed by atoms with van der Waals surface area (Å²) in [4.78, 5) is 23.6. The van der Waals surface area contributed by atoms with Gasteiger partial charge in [-0.1, -0.05) is 94.9 Å². The van der Waals surface area contributed by atoms with E-state index in [9.17, 15) is 9.59 Å². The predicted molar refractivity (Wildman–Crippen MR) is 113 cm³/mol. The van der Waals surface area contributed by atoms with Crippen LogP contribution in [-0.2, 0) is 16.0 Å². The maximum absolute atomic E-state index is 11.8. The highest BCUT2D eigenvalue weighted by Crippen LogP contribution is 2.12. The molecule has 0 saturated heterocycles. The lowest BCUT2D eigenvalue weighted by Crippen LogP contribution is -2.42. The molecular formula is C22H35ClN2O2. The Hall–Kier alpha value is -1.55. The number of hydrazine groups is 1. The van der Waals surface area contributed by atoms with Gasteiger partial charge >= 0.3 is 0 Å². The first-order valence-corrected chi connectivity index (χ1v) is 10.8. The molecule has 27 heavy (non-hydrogen) atoms. The molecule has 0 aliphatic heterocycles. The molecule has 5 heteroatoms. The third kappa shape index (κ3) is 13.3. The summed E-state index contributed by atoms with van der Waals surface area (Å²) in [5.41, 5.74) is 5.81. The van der Waals surface area contributed by atoms with E-state index in [0.717, 1.165) is 18.4 Å². The van der Waals surface area contributed by atoms with E-state index in [1.807, 2.05) is 0 Å². The molecule has 0 unspecified atom stereocenters. The van der Waals surface area contributed by atoms with Crippen LogP contribution in [0.1, 0.15) is 89.5 Å². The molecule has 0 saturated carbocycles. The fourth-order valence-corrected chi connectivity index (χ4v) is 3.11. The van der Waals surface area contributed by atoms with Gasteiger partial charge in [-0.3, -0.25) is 20.4 Å². The van der Waals surface area contributed by atoms with Crippen molar-refractivity contribution in [3.05, 3.63) is 34.9 Å². The van der Waals surface area contributed by atoms with Crippen molar-refractivity contribution in [2.24, 2.45) is 0 Å². The van der Waals surface area contributed by atoms with E-state index in [0.29, 0.717) is 11.4 Å². The topological polar surface area (TPSA) is 58.2 Å². The van der Waals surface area contributed by atoms with Gasteiger partial charge in [-0.05, 0) is 24.1 Å². The molecule has 1 rings (SSSR count). The van der Waals surface area contributed by atoms with Crippen LogP contribution in [0.15, 0.2) is 24.3 Å². The molecule has 152 valence electrons.